The van der Waals surface area contributed by atoms with Gasteiger partial charge in [-0.15, -0.1) is 0 Å². The molecule has 0 bridgehead atoms. The summed E-state index contributed by atoms with van der Waals surface area (Å²) in [6.45, 7) is 2.11. The number of imidazole rings is 1. The number of benzene rings is 1. The number of rotatable bonds is 0. The van der Waals surface area contributed by atoms with Crippen molar-refractivity contribution in [3.05, 3.63) is 27.6 Å². The molecule has 0 N–H and O–H groups in total. The van der Waals surface area contributed by atoms with Crippen molar-refractivity contribution in [2.24, 2.45) is 0 Å². The second-order valence-corrected chi connectivity index (χ2v) is 4.53. The van der Waals surface area contributed by atoms with E-state index in [4.69, 9.17) is 0 Å². The predicted octanol–water partition coefficient (Wildman–Crippen LogP) is 3.15. The summed E-state index contributed by atoms with van der Waals surface area (Å²) in [6.07, 6.45) is 0. The highest BCUT2D eigenvalue weighted by Crippen LogP contribution is 2.22. The average Bonchev–Trinajstić information content (AvgIpc) is 2.29. The summed E-state index contributed by atoms with van der Waals surface area (Å²) in [5.74, 6) is 0. The Hall–Kier alpha value is 0.150. The third-order valence-corrected chi connectivity index (χ3v) is 4.37. The van der Waals surface area contributed by atoms with Crippen LogP contribution in [0, 0.1) is 10.8 Å². The molecule has 0 aliphatic heterocycles. The van der Waals surface area contributed by atoms with Crippen molar-refractivity contribution in [3.63, 3.8) is 0 Å². The van der Waals surface area contributed by atoms with Crippen LogP contribution in [0.1, 0.15) is 5.56 Å². The largest absolute Gasteiger partial charge is 0.259 e. The van der Waals surface area contributed by atoms with E-state index in [1.807, 2.05) is 12.1 Å². The Morgan fingerprint density at radius 2 is 2.17 bits per heavy atom. The van der Waals surface area contributed by atoms with E-state index in [9.17, 15) is 0 Å². The van der Waals surface area contributed by atoms with Crippen LogP contribution >= 0.6 is 45.5 Å². The van der Waals surface area contributed by atoms with Crippen molar-refractivity contribution >= 4 is 56.5 Å². The molecule has 0 atom stereocenters. The maximum absolute atomic E-state index is 4.42. The minimum absolute atomic E-state index is 1.03. The number of aryl methyl sites for hydroxylation is 1. The molecule has 0 radical (unpaired) electrons. The predicted molar refractivity (Wildman–Crippen MR) is 66.6 cm³/mol. The van der Waals surface area contributed by atoms with E-state index in [1.54, 1.807) is 0 Å². The molecule has 1 aromatic carbocycles. The van der Waals surface area contributed by atoms with Crippen LogP contribution < -0.4 is 0 Å². The first-order valence-electron chi connectivity index (χ1n) is 3.50. The standard InChI is InChI=1S/C8H6I2N2/c1-5-3-2-4-6-7(5)12(10)8(9)11-6/h2-4H,1H3. The van der Waals surface area contributed by atoms with Crippen LogP contribution in [0.15, 0.2) is 18.2 Å². The minimum Gasteiger partial charge on any atom is -0.259 e. The van der Waals surface area contributed by atoms with Gasteiger partial charge in [0.1, 0.15) is 0 Å². The Morgan fingerprint density at radius 3 is 2.83 bits per heavy atom. The topological polar surface area (TPSA) is 17.8 Å². The lowest BCUT2D eigenvalue weighted by Gasteiger charge is -1.96. The number of halogens is 2. The zero-order valence-corrected chi connectivity index (χ0v) is 10.7. The monoisotopic (exact) mass is 384 g/mol. The number of hydrogen-bond acceptors (Lipinski definition) is 1. The van der Waals surface area contributed by atoms with Gasteiger partial charge in [0, 0.05) is 22.6 Å². The Kier molecular flexibility index (Phi) is 2.28. The number of hydrogen-bond donors (Lipinski definition) is 0. The Morgan fingerprint density at radius 1 is 1.42 bits per heavy atom. The molecule has 0 amide bonds. The van der Waals surface area contributed by atoms with Crippen LogP contribution in [-0.2, 0) is 0 Å². The summed E-state index contributed by atoms with van der Waals surface area (Å²) in [7, 11) is 0. The molecule has 12 heavy (non-hydrogen) atoms. The molecular weight excluding hydrogens is 378 g/mol. The molecule has 0 unspecified atom stereocenters. The first-order valence-corrected chi connectivity index (χ1v) is 5.54. The van der Waals surface area contributed by atoms with E-state index in [0.29, 0.717) is 0 Å². The molecule has 0 saturated heterocycles. The Labute approximate surface area is 98.0 Å². The second-order valence-electron chi connectivity index (χ2n) is 2.60. The van der Waals surface area contributed by atoms with Crippen molar-refractivity contribution in [2.45, 2.75) is 6.92 Å². The summed E-state index contributed by atoms with van der Waals surface area (Å²) < 4.78 is 3.11. The van der Waals surface area contributed by atoms with Crippen LogP contribution in [0.2, 0.25) is 0 Å². The molecule has 1 aromatic heterocycles. The lowest BCUT2D eigenvalue weighted by atomic mass is 10.2. The van der Waals surface area contributed by atoms with Crippen LogP contribution in [0.25, 0.3) is 11.0 Å². The fourth-order valence-corrected chi connectivity index (χ4v) is 2.46. The van der Waals surface area contributed by atoms with Crippen molar-refractivity contribution in [1.29, 1.82) is 0 Å². The van der Waals surface area contributed by atoms with Gasteiger partial charge in [0.25, 0.3) is 0 Å². The summed E-state index contributed by atoms with van der Waals surface area (Å²) in [6, 6.07) is 6.19. The summed E-state index contributed by atoms with van der Waals surface area (Å²) >= 11 is 4.51. The zero-order valence-electron chi connectivity index (χ0n) is 6.38. The van der Waals surface area contributed by atoms with Gasteiger partial charge in [0.2, 0.25) is 0 Å². The first-order chi connectivity index (χ1) is 5.70. The van der Waals surface area contributed by atoms with Gasteiger partial charge in [0.15, 0.2) is 3.83 Å². The SMILES string of the molecule is Cc1cccc2nc(I)n(I)c12. The zero-order chi connectivity index (χ0) is 8.72. The van der Waals surface area contributed by atoms with Gasteiger partial charge in [-0.3, -0.25) is 2.78 Å². The number of aromatic nitrogens is 2. The molecule has 0 saturated carbocycles. The molecule has 62 valence electrons. The number of fused-ring (bicyclic) bond motifs is 1. The molecule has 0 aliphatic carbocycles. The van der Waals surface area contributed by atoms with E-state index in [2.05, 4.69) is 66.2 Å². The van der Waals surface area contributed by atoms with Gasteiger partial charge in [-0.25, -0.2) is 4.98 Å². The van der Waals surface area contributed by atoms with E-state index >= 15 is 0 Å². The molecule has 0 fully saturated rings. The highest BCUT2D eigenvalue weighted by molar-refractivity contribution is 14.1. The van der Waals surface area contributed by atoms with Crippen molar-refractivity contribution in [2.75, 3.05) is 0 Å². The maximum Gasteiger partial charge on any atom is 0.181 e. The number of para-hydroxylation sites is 1. The lowest BCUT2D eigenvalue weighted by Crippen LogP contribution is -1.83. The summed E-state index contributed by atoms with van der Waals surface area (Å²) in [4.78, 5) is 4.42. The Balaban J connectivity index is 2.97. The fourth-order valence-electron chi connectivity index (χ4n) is 1.22. The third kappa shape index (κ3) is 1.24. The second kappa shape index (κ2) is 3.13. The summed E-state index contributed by atoms with van der Waals surface area (Å²) in [5, 5.41) is 0. The molecule has 1 heterocycles. The van der Waals surface area contributed by atoms with Gasteiger partial charge in [-0.05, 0) is 18.6 Å². The van der Waals surface area contributed by atoms with Gasteiger partial charge in [-0.2, -0.15) is 0 Å². The molecule has 4 heteroatoms. The highest BCUT2D eigenvalue weighted by atomic mass is 127. The first kappa shape index (κ1) is 8.74. The van der Waals surface area contributed by atoms with E-state index in [1.165, 1.54) is 11.1 Å². The quantitative estimate of drug-likeness (QED) is 0.639. The van der Waals surface area contributed by atoms with Crippen molar-refractivity contribution in [3.8, 4) is 0 Å². The molecule has 0 aliphatic rings. The highest BCUT2D eigenvalue weighted by Gasteiger charge is 2.06. The Bertz CT molecular complexity index is 434. The smallest absolute Gasteiger partial charge is 0.181 e. The number of nitrogens with zero attached hydrogens (tertiary/aromatic N) is 2. The van der Waals surface area contributed by atoms with Gasteiger partial charge in [-0.1, -0.05) is 12.1 Å². The average molecular weight is 384 g/mol. The maximum atomic E-state index is 4.42. The normalized spacial score (nSPS) is 10.9. The minimum atomic E-state index is 1.03. The molecular formula is C8H6I2N2. The van der Waals surface area contributed by atoms with Gasteiger partial charge < -0.3 is 0 Å². The van der Waals surface area contributed by atoms with Crippen LogP contribution in [0.3, 0.4) is 0 Å². The van der Waals surface area contributed by atoms with Crippen molar-refractivity contribution < 1.29 is 0 Å². The molecule has 2 rings (SSSR count). The molecule has 2 aromatic rings. The lowest BCUT2D eigenvalue weighted by molar-refractivity contribution is 1.23. The third-order valence-electron chi connectivity index (χ3n) is 1.79. The fraction of sp³-hybridized carbons (Fsp3) is 0.125. The molecule has 0 spiro atoms. The van der Waals surface area contributed by atoms with Crippen molar-refractivity contribution in [1.82, 2.24) is 7.76 Å². The van der Waals surface area contributed by atoms with E-state index < -0.39 is 0 Å². The molecule has 2 nitrogen and oxygen atoms in total. The van der Waals surface area contributed by atoms with E-state index in [0.717, 1.165) is 9.35 Å². The van der Waals surface area contributed by atoms with E-state index in [-0.39, 0.29) is 0 Å². The summed E-state index contributed by atoms with van der Waals surface area (Å²) in [5.41, 5.74) is 3.58. The van der Waals surface area contributed by atoms with Gasteiger partial charge >= 0.3 is 0 Å². The van der Waals surface area contributed by atoms with Crippen LogP contribution in [0.5, 0.6) is 0 Å². The van der Waals surface area contributed by atoms with Gasteiger partial charge in [0.05, 0.1) is 33.9 Å². The van der Waals surface area contributed by atoms with Crippen LogP contribution in [0.4, 0.5) is 0 Å². The van der Waals surface area contributed by atoms with Crippen LogP contribution in [-0.4, -0.2) is 7.76 Å².